The number of pyridine rings is 1. The molecular weight excluding hydrogens is 335 g/mol. The van der Waals surface area contributed by atoms with E-state index in [1.165, 1.54) is 6.92 Å². The molecule has 9 heteroatoms. The standard InChI is InChI=1S/C9H4BrF7N/c1-4-2-5(18-6(10)3-4)7(11,8(12,13)14)9(15,16)17/h2H,1H3. The number of aryl methyl sites for hydroxylation is 1. The van der Waals surface area contributed by atoms with E-state index in [1.54, 1.807) is 0 Å². The molecule has 1 heterocycles. The molecule has 0 saturated heterocycles. The Hall–Kier alpha value is -0.860. The van der Waals surface area contributed by atoms with Gasteiger partial charge in [0.05, 0.1) is 5.69 Å². The van der Waals surface area contributed by atoms with Gasteiger partial charge < -0.3 is 0 Å². The van der Waals surface area contributed by atoms with Crippen LogP contribution in [-0.2, 0) is 5.67 Å². The fraction of sp³-hybridized carbons (Fsp3) is 0.444. The quantitative estimate of drug-likeness (QED) is 0.551. The van der Waals surface area contributed by atoms with Crippen LogP contribution in [0.1, 0.15) is 11.3 Å². The third kappa shape index (κ3) is 2.45. The van der Waals surface area contributed by atoms with Gasteiger partial charge in [-0.15, -0.1) is 0 Å². The summed E-state index contributed by atoms with van der Waals surface area (Å²) in [6, 6.07) is 2.64. The van der Waals surface area contributed by atoms with Crippen LogP contribution in [0.2, 0.25) is 0 Å². The van der Waals surface area contributed by atoms with E-state index < -0.39 is 28.3 Å². The summed E-state index contributed by atoms with van der Waals surface area (Å²) in [6.45, 7) is 1.17. The Labute approximate surface area is 105 Å². The largest absolute Gasteiger partial charge is 0.437 e. The maximum atomic E-state index is 13.6. The first-order valence-corrected chi connectivity index (χ1v) is 5.08. The molecule has 0 amide bonds. The Morgan fingerprint density at radius 3 is 1.83 bits per heavy atom. The van der Waals surface area contributed by atoms with Crippen LogP contribution in [0, 0.1) is 13.0 Å². The molecule has 1 nitrogen and oxygen atoms in total. The van der Waals surface area contributed by atoms with Gasteiger partial charge in [0.25, 0.3) is 0 Å². The second-order valence-corrected chi connectivity index (χ2v) is 4.15. The third-order valence-corrected chi connectivity index (χ3v) is 2.38. The van der Waals surface area contributed by atoms with Crippen molar-refractivity contribution in [1.82, 2.24) is 4.98 Å². The van der Waals surface area contributed by atoms with Crippen LogP contribution in [0.3, 0.4) is 0 Å². The van der Waals surface area contributed by atoms with Crippen molar-refractivity contribution in [3.05, 3.63) is 28.0 Å². The predicted octanol–water partition coefficient (Wildman–Crippen LogP) is 4.24. The third-order valence-electron chi connectivity index (χ3n) is 2.01. The van der Waals surface area contributed by atoms with Crippen LogP contribution in [0.25, 0.3) is 0 Å². The van der Waals surface area contributed by atoms with Gasteiger partial charge in [0.15, 0.2) is 0 Å². The molecule has 1 aromatic heterocycles. The highest BCUT2D eigenvalue weighted by Crippen LogP contribution is 2.52. The SMILES string of the molecule is Cc1[c]c(Br)nc(C(F)(C(F)(F)F)C(F)(F)F)c1. The van der Waals surface area contributed by atoms with Crippen LogP contribution >= 0.6 is 15.9 Å². The molecule has 0 saturated carbocycles. The molecule has 1 radical (unpaired) electrons. The Morgan fingerprint density at radius 2 is 1.50 bits per heavy atom. The molecule has 0 N–H and O–H groups in total. The van der Waals surface area contributed by atoms with Gasteiger partial charge >= 0.3 is 18.0 Å². The molecule has 0 fully saturated rings. The molecule has 1 rings (SSSR count). The van der Waals surface area contributed by atoms with Crippen molar-refractivity contribution in [3.8, 4) is 0 Å². The minimum Gasteiger partial charge on any atom is -0.241 e. The van der Waals surface area contributed by atoms with E-state index >= 15 is 0 Å². The smallest absolute Gasteiger partial charge is 0.241 e. The summed E-state index contributed by atoms with van der Waals surface area (Å²) in [5.41, 5.74) is -7.39. The topological polar surface area (TPSA) is 12.9 Å². The van der Waals surface area contributed by atoms with Crippen molar-refractivity contribution in [2.45, 2.75) is 24.9 Å². The van der Waals surface area contributed by atoms with Gasteiger partial charge in [0, 0.05) is 6.07 Å². The van der Waals surface area contributed by atoms with E-state index in [-0.39, 0.29) is 5.56 Å². The summed E-state index contributed by atoms with van der Waals surface area (Å²) in [4.78, 5) is 2.89. The van der Waals surface area contributed by atoms with Crippen molar-refractivity contribution < 1.29 is 30.7 Å². The summed E-state index contributed by atoms with van der Waals surface area (Å²) in [5.74, 6) is 0. The summed E-state index contributed by atoms with van der Waals surface area (Å²) >= 11 is 2.57. The highest BCUT2D eigenvalue weighted by molar-refractivity contribution is 9.10. The first-order chi connectivity index (χ1) is 7.89. The number of hydrogen-bond acceptors (Lipinski definition) is 1. The van der Waals surface area contributed by atoms with Gasteiger partial charge in [-0.25, -0.2) is 9.37 Å². The van der Waals surface area contributed by atoms with E-state index in [1.807, 2.05) is 0 Å². The summed E-state index contributed by atoms with van der Waals surface area (Å²) in [5, 5.41) is 0. The maximum absolute atomic E-state index is 13.6. The normalized spacial score (nSPS) is 13.8. The van der Waals surface area contributed by atoms with Crippen LogP contribution in [0.4, 0.5) is 30.7 Å². The van der Waals surface area contributed by atoms with E-state index in [2.05, 4.69) is 27.0 Å². The lowest BCUT2D eigenvalue weighted by atomic mass is 9.98. The molecule has 0 spiro atoms. The number of halogens is 8. The monoisotopic (exact) mass is 338 g/mol. The Balaban J connectivity index is 3.55. The number of nitrogens with zero attached hydrogens (tertiary/aromatic N) is 1. The molecule has 1 aromatic rings. The minimum atomic E-state index is -6.16. The fourth-order valence-electron chi connectivity index (χ4n) is 1.20. The van der Waals surface area contributed by atoms with Crippen molar-refractivity contribution in [3.63, 3.8) is 0 Å². The second kappa shape index (κ2) is 4.36. The number of aromatic nitrogens is 1. The van der Waals surface area contributed by atoms with Crippen molar-refractivity contribution >= 4 is 15.9 Å². The van der Waals surface area contributed by atoms with Crippen molar-refractivity contribution in [2.75, 3.05) is 0 Å². The lowest BCUT2D eigenvalue weighted by Crippen LogP contribution is -2.51. The van der Waals surface area contributed by atoms with Gasteiger partial charge in [0.1, 0.15) is 4.60 Å². The first kappa shape index (κ1) is 15.2. The summed E-state index contributed by atoms with van der Waals surface area (Å²) in [6.07, 6.45) is -12.3. The molecule has 0 atom stereocenters. The summed E-state index contributed by atoms with van der Waals surface area (Å²) in [7, 11) is 0. The molecule has 0 aliphatic carbocycles. The molecule has 101 valence electrons. The maximum Gasteiger partial charge on any atom is 0.437 e. The average molecular weight is 339 g/mol. The van der Waals surface area contributed by atoms with E-state index in [4.69, 9.17) is 0 Å². The zero-order valence-corrected chi connectivity index (χ0v) is 10.1. The van der Waals surface area contributed by atoms with Gasteiger partial charge in [-0.05, 0) is 34.5 Å². The summed E-state index contributed by atoms with van der Waals surface area (Å²) < 4.78 is 87.4. The van der Waals surface area contributed by atoms with Crippen LogP contribution in [0.5, 0.6) is 0 Å². The Bertz CT molecular complexity index is 417. The van der Waals surface area contributed by atoms with Gasteiger partial charge in [-0.2, -0.15) is 26.3 Å². The van der Waals surface area contributed by atoms with Gasteiger partial charge in [-0.3, -0.25) is 0 Å². The van der Waals surface area contributed by atoms with E-state index in [0.29, 0.717) is 6.07 Å². The second-order valence-electron chi connectivity index (χ2n) is 3.39. The van der Waals surface area contributed by atoms with E-state index in [0.717, 1.165) is 0 Å². The highest BCUT2D eigenvalue weighted by Gasteiger charge is 2.74. The molecule has 0 aliphatic rings. The van der Waals surface area contributed by atoms with Crippen molar-refractivity contribution in [2.24, 2.45) is 0 Å². The molecule has 0 aliphatic heterocycles. The lowest BCUT2D eigenvalue weighted by Gasteiger charge is -2.29. The van der Waals surface area contributed by atoms with Crippen LogP contribution < -0.4 is 0 Å². The first-order valence-electron chi connectivity index (χ1n) is 4.29. The Kier molecular flexibility index (Phi) is 3.68. The zero-order chi connectivity index (χ0) is 14.4. The van der Waals surface area contributed by atoms with Crippen molar-refractivity contribution in [1.29, 1.82) is 0 Å². The molecule has 18 heavy (non-hydrogen) atoms. The number of rotatable bonds is 1. The molecule has 0 aromatic carbocycles. The van der Waals surface area contributed by atoms with Gasteiger partial charge in [-0.1, -0.05) is 0 Å². The highest BCUT2D eigenvalue weighted by atomic mass is 79.9. The predicted molar refractivity (Wildman–Crippen MR) is 50.4 cm³/mol. The van der Waals surface area contributed by atoms with E-state index in [9.17, 15) is 30.7 Å². The number of alkyl halides is 7. The fourth-order valence-corrected chi connectivity index (χ4v) is 1.70. The zero-order valence-electron chi connectivity index (χ0n) is 8.55. The number of hydrogen-bond donors (Lipinski definition) is 0. The molecular formula is C9H4BrF7N. The van der Waals surface area contributed by atoms with Crippen LogP contribution in [0.15, 0.2) is 10.7 Å². The van der Waals surface area contributed by atoms with Crippen LogP contribution in [-0.4, -0.2) is 17.3 Å². The Morgan fingerprint density at radius 1 is 1.06 bits per heavy atom. The molecule has 0 unspecified atom stereocenters. The minimum absolute atomic E-state index is 0.109. The average Bonchev–Trinajstić information content (AvgIpc) is 2.11. The lowest BCUT2D eigenvalue weighted by molar-refractivity contribution is -0.350. The van der Waals surface area contributed by atoms with Gasteiger partial charge in [0.2, 0.25) is 0 Å². The molecule has 0 bridgehead atoms.